The molecule has 110 valence electrons. The van der Waals surface area contributed by atoms with Gasteiger partial charge in [0.2, 0.25) is 0 Å². The van der Waals surface area contributed by atoms with Gasteiger partial charge in [0.15, 0.2) is 0 Å². The van der Waals surface area contributed by atoms with Crippen LogP contribution in [0.2, 0.25) is 0 Å². The molecule has 0 aliphatic carbocycles. The lowest BCUT2D eigenvalue weighted by atomic mass is 9.86. The normalized spacial score (nSPS) is 20.8. The van der Waals surface area contributed by atoms with Crippen molar-refractivity contribution >= 4 is 10.8 Å². The Balaban J connectivity index is 1.80. The van der Waals surface area contributed by atoms with Gasteiger partial charge in [-0.15, -0.1) is 0 Å². The Morgan fingerprint density at radius 1 is 0.909 bits per heavy atom. The summed E-state index contributed by atoms with van der Waals surface area (Å²) in [6, 6.07) is 22.8. The molecule has 0 bridgehead atoms. The Morgan fingerprint density at radius 2 is 1.68 bits per heavy atom. The van der Waals surface area contributed by atoms with Crippen molar-refractivity contribution in [1.29, 1.82) is 0 Å². The van der Waals surface area contributed by atoms with Gasteiger partial charge >= 0.3 is 0 Å². The van der Waals surface area contributed by atoms with E-state index in [9.17, 15) is 5.11 Å². The van der Waals surface area contributed by atoms with Crippen LogP contribution in [0.3, 0.4) is 0 Å². The van der Waals surface area contributed by atoms with Crippen molar-refractivity contribution in [2.45, 2.75) is 18.6 Å². The van der Waals surface area contributed by atoms with E-state index in [1.54, 1.807) is 0 Å². The first-order chi connectivity index (χ1) is 10.8. The summed E-state index contributed by atoms with van der Waals surface area (Å²) in [4.78, 5) is 0. The van der Waals surface area contributed by atoms with E-state index >= 15 is 0 Å². The summed E-state index contributed by atoms with van der Waals surface area (Å²) in [5, 5.41) is 17.0. The van der Waals surface area contributed by atoms with Gasteiger partial charge < -0.3 is 5.11 Å². The van der Waals surface area contributed by atoms with E-state index in [1.807, 2.05) is 18.2 Å². The van der Waals surface area contributed by atoms with Crippen LogP contribution in [-0.2, 0) is 18.6 Å². The van der Waals surface area contributed by atoms with E-state index in [1.165, 1.54) is 21.9 Å². The molecule has 2 nitrogen and oxygen atoms in total. The molecule has 22 heavy (non-hydrogen) atoms. The van der Waals surface area contributed by atoms with Crippen molar-refractivity contribution in [1.82, 2.24) is 5.32 Å². The molecule has 1 atom stereocenters. The number of fused-ring (bicyclic) bond motifs is 2. The van der Waals surface area contributed by atoms with Gasteiger partial charge in [0, 0.05) is 18.5 Å². The van der Waals surface area contributed by atoms with Gasteiger partial charge in [-0.1, -0.05) is 66.7 Å². The molecule has 0 saturated heterocycles. The number of benzene rings is 3. The van der Waals surface area contributed by atoms with Crippen LogP contribution < -0.4 is 5.32 Å². The highest BCUT2D eigenvalue weighted by Crippen LogP contribution is 2.31. The molecule has 2 N–H and O–H groups in total. The van der Waals surface area contributed by atoms with E-state index in [2.05, 4.69) is 53.8 Å². The van der Waals surface area contributed by atoms with Gasteiger partial charge in [0.05, 0.1) is 0 Å². The third kappa shape index (κ3) is 2.21. The number of hydrogen-bond donors (Lipinski definition) is 2. The summed E-state index contributed by atoms with van der Waals surface area (Å²) < 4.78 is 0. The van der Waals surface area contributed by atoms with E-state index < -0.39 is 5.72 Å². The summed E-state index contributed by atoms with van der Waals surface area (Å²) in [5.74, 6) is 0. The molecular weight excluding hydrogens is 270 g/mol. The van der Waals surface area contributed by atoms with Crippen LogP contribution in [0.5, 0.6) is 0 Å². The SMILES string of the molecule is OC1(Cc2cccc3ccccc23)NCCc2ccccc21. The second-order valence-corrected chi connectivity index (χ2v) is 6.01. The number of nitrogens with one attached hydrogen (secondary N) is 1. The average molecular weight is 289 g/mol. The number of aliphatic hydroxyl groups is 1. The predicted molar refractivity (Wildman–Crippen MR) is 89.7 cm³/mol. The lowest BCUT2D eigenvalue weighted by Crippen LogP contribution is -2.48. The highest BCUT2D eigenvalue weighted by molar-refractivity contribution is 5.85. The lowest BCUT2D eigenvalue weighted by molar-refractivity contribution is -0.00507. The van der Waals surface area contributed by atoms with E-state index in [0.717, 1.165) is 18.5 Å². The Kier molecular flexibility index (Phi) is 3.21. The number of rotatable bonds is 2. The Hall–Kier alpha value is -2.16. The maximum atomic E-state index is 11.2. The standard InChI is InChI=1S/C20H19NO/c22-20(19-11-4-2-7-16(19)12-13-21-20)14-17-9-5-8-15-6-1-3-10-18(15)17/h1-11,21-22H,12-14H2. The Labute approximate surface area is 130 Å². The third-order valence-corrected chi connectivity index (χ3v) is 4.60. The first kappa shape index (κ1) is 13.5. The van der Waals surface area contributed by atoms with E-state index in [-0.39, 0.29) is 0 Å². The first-order valence-corrected chi connectivity index (χ1v) is 7.79. The van der Waals surface area contributed by atoms with Crippen LogP contribution in [0.4, 0.5) is 0 Å². The second kappa shape index (κ2) is 5.24. The highest BCUT2D eigenvalue weighted by atomic mass is 16.3. The van der Waals surface area contributed by atoms with Crippen LogP contribution in [0, 0.1) is 0 Å². The summed E-state index contributed by atoms with van der Waals surface area (Å²) in [5.41, 5.74) is 2.43. The van der Waals surface area contributed by atoms with Crippen LogP contribution in [-0.4, -0.2) is 11.7 Å². The summed E-state index contributed by atoms with van der Waals surface area (Å²) in [6.45, 7) is 0.804. The summed E-state index contributed by atoms with van der Waals surface area (Å²) >= 11 is 0. The minimum Gasteiger partial charge on any atom is -0.371 e. The fraction of sp³-hybridized carbons (Fsp3) is 0.200. The molecule has 4 rings (SSSR count). The monoisotopic (exact) mass is 289 g/mol. The van der Waals surface area contributed by atoms with Gasteiger partial charge in [-0.25, -0.2) is 0 Å². The first-order valence-electron chi connectivity index (χ1n) is 7.79. The van der Waals surface area contributed by atoms with Gasteiger partial charge in [0.25, 0.3) is 0 Å². The van der Waals surface area contributed by atoms with Crippen LogP contribution >= 0.6 is 0 Å². The molecule has 1 aliphatic heterocycles. The molecule has 0 radical (unpaired) electrons. The van der Waals surface area contributed by atoms with E-state index in [4.69, 9.17) is 0 Å². The van der Waals surface area contributed by atoms with Crippen LogP contribution in [0.1, 0.15) is 16.7 Å². The molecule has 0 fully saturated rings. The minimum atomic E-state index is -0.987. The third-order valence-electron chi connectivity index (χ3n) is 4.60. The Morgan fingerprint density at radius 3 is 2.64 bits per heavy atom. The topological polar surface area (TPSA) is 32.3 Å². The van der Waals surface area contributed by atoms with Gasteiger partial charge in [-0.2, -0.15) is 0 Å². The van der Waals surface area contributed by atoms with Crippen molar-refractivity contribution in [3.63, 3.8) is 0 Å². The van der Waals surface area contributed by atoms with Crippen molar-refractivity contribution < 1.29 is 5.11 Å². The molecule has 3 aromatic carbocycles. The van der Waals surface area contributed by atoms with Crippen molar-refractivity contribution in [3.8, 4) is 0 Å². The molecule has 1 aliphatic rings. The van der Waals surface area contributed by atoms with Gasteiger partial charge in [0.1, 0.15) is 5.72 Å². The van der Waals surface area contributed by atoms with Crippen LogP contribution in [0.15, 0.2) is 66.7 Å². The average Bonchev–Trinajstić information content (AvgIpc) is 2.56. The quantitative estimate of drug-likeness (QED) is 0.758. The largest absolute Gasteiger partial charge is 0.371 e. The summed E-state index contributed by atoms with van der Waals surface area (Å²) in [7, 11) is 0. The molecule has 1 unspecified atom stereocenters. The molecule has 1 heterocycles. The van der Waals surface area contributed by atoms with Gasteiger partial charge in [-0.05, 0) is 28.3 Å². The maximum Gasteiger partial charge on any atom is 0.146 e. The summed E-state index contributed by atoms with van der Waals surface area (Å²) in [6.07, 6.45) is 1.54. The zero-order chi connectivity index (χ0) is 15.0. The van der Waals surface area contributed by atoms with Gasteiger partial charge in [-0.3, -0.25) is 5.32 Å². The Bertz CT molecular complexity index is 821. The van der Waals surface area contributed by atoms with Crippen molar-refractivity contribution in [3.05, 3.63) is 83.4 Å². The van der Waals surface area contributed by atoms with E-state index in [0.29, 0.717) is 6.42 Å². The highest BCUT2D eigenvalue weighted by Gasteiger charge is 2.34. The molecule has 0 spiro atoms. The molecular formula is C20H19NO. The molecule has 2 heteroatoms. The van der Waals surface area contributed by atoms with Crippen LogP contribution in [0.25, 0.3) is 10.8 Å². The molecule has 3 aromatic rings. The fourth-order valence-corrected chi connectivity index (χ4v) is 3.52. The molecule has 0 aromatic heterocycles. The van der Waals surface area contributed by atoms with Crippen molar-refractivity contribution in [2.75, 3.05) is 6.54 Å². The maximum absolute atomic E-state index is 11.2. The molecule has 0 saturated carbocycles. The second-order valence-electron chi connectivity index (χ2n) is 6.01. The fourth-order valence-electron chi connectivity index (χ4n) is 3.52. The zero-order valence-corrected chi connectivity index (χ0v) is 12.4. The molecule has 0 amide bonds. The lowest BCUT2D eigenvalue weighted by Gasteiger charge is -2.36. The number of hydrogen-bond acceptors (Lipinski definition) is 2. The zero-order valence-electron chi connectivity index (χ0n) is 12.4. The van der Waals surface area contributed by atoms with Crippen molar-refractivity contribution in [2.24, 2.45) is 0 Å². The predicted octanol–water partition coefficient (Wildman–Crippen LogP) is 3.37. The smallest absolute Gasteiger partial charge is 0.146 e. The minimum absolute atomic E-state index is 0.575.